The number of hydrogen-bond acceptors (Lipinski definition) is 2. The van der Waals surface area contributed by atoms with E-state index in [-0.39, 0.29) is 20.1 Å². The Hall–Kier alpha value is -1.70. The number of nitrogens with zero attached hydrogens (tertiary/aromatic N) is 1. The van der Waals surface area contributed by atoms with Gasteiger partial charge in [0.1, 0.15) is 0 Å². The first-order valence-corrected chi connectivity index (χ1v) is 5.50. The van der Waals surface area contributed by atoms with E-state index in [0.717, 1.165) is 32.8 Å². The average Bonchev–Trinajstić information content (AvgIpc) is 2.77. The second-order valence-corrected chi connectivity index (χ2v) is 4.03. The average molecular weight is 410 g/mol. The molecule has 4 rings (SSSR count). The van der Waals surface area contributed by atoms with Crippen LogP contribution in [0, 0.1) is 6.07 Å². The van der Waals surface area contributed by atoms with E-state index in [9.17, 15) is 0 Å². The molecule has 2 aromatic carbocycles. The van der Waals surface area contributed by atoms with Gasteiger partial charge in [0, 0.05) is 37.4 Å². The van der Waals surface area contributed by atoms with Gasteiger partial charge in [0.05, 0.1) is 5.58 Å². The summed E-state index contributed by atoms with van der Waals surface area (Å²) in [4.78, 5) is 4.45. The molecule has 2 heterocycles. The summed E-state index contributed by atoms with van der Waals surface area (Å²) in [6.07, 6.45) is 1.81. The summed E-state index contributed by atoms with van der Waals surface area (Å²) in [5.41, 5.74) is 2.71. The number of hydrogen-bond donors (Lipinski definition) is 0. The van der Waals surface area contributed by atoms with E-state index >= 15 is 0 Å². The van der Waals surface area contributed by atoms with Crippen molar-refractivity contribution in [1.82, 2.24) is 4.98 Å². The maximum atomic E-state index is 5.79. The van der Waals surface area contributed by atoms with Gasteiger partial charge < -0.3 is 4.42 Å². The molecule has 0 bridgehead atoms. The zero-order valence-electron chi connectivity index (χ0n) is 9.31. The normalized spacial score (nSPS) is 10.9. The quantitative estimate of drug-likeness (QED) is 0.411. The predicted molar refractivity (Wildman–Crippen MR) is 67.9 cm³/mol. The zero-order chi connectivity index (χ0) is 11.2. The van der Waals surface area contributed by atoms with Crippen LogP contribution in [0.25, 0.3) is 32.8 Å². The molecule has 89 valence electrons. The summed E-state index contributed by atoms with van der Waals surface area (Å²) in [7, 11) is 0. The van der Waals surface area contributed by atoms with Gasteiger partial charge in [0.25, 0.3) is 0 Å². The van der Waals surface area contributed by atoms with E-state index in [2.05, 4.69) is 17.1 Å². The van der Waals surface area contributed by atoms with Crippen LogP contribution in [0.4, 0.5) is 0 Å². The molecule has 0 N–H and O–H groups in total. The summed E-state index contributed by atoms with van der Waals surface area (Å²) in [5.74, 6) is 0. The molecule has 0 saturated carbocycles. The standard InChI is InChI=1S/C15H8NO.Ir/c1-2-6-12-11(5-1)14-13(17-12)8-7-10-4-3-9-16-15(10)14;/h1-4,6-9H;/q-1;. The van der Waals surface area contributed by atoms with Crippen LogP contribution < -0.4 is 0 Å². The van der Waals surface area contributed by atoms with Crippen LogP contribution in [0.15, 0.2) is 53.1 Å². The molecule has 0 saturated heterocycles. The number of benzene rings is 2. The second-order valence-electron chi connectivity index (χ2n) is 4.03. The first kappa shape index (κ1) is 11.4. The fraction of sp³-hybridized carbons (Fsp3) is 0. The Bertz CT molecular complexity index is 845. The third kappa shape index (κ3) is 1.48. The van der Waals surface area contributed by atoms with Crippen molar-refractivity contribution in [2.24, 2.45) is 0 Å². The molecule has 0 aliphatic carbocycles. The first-order valence-electron chi connectivity index (χ1n) is 5.50. The third-order valence-electron chi connectivity index (χ3n) is 3.02. The number of furan rings is 1. The molecule has 0 spiro atoms. The van der Waals surface area contributed by atoms with Crippen molar-refractivity contribution >= 4 is 32.8 Å². The minimum absolute atomic E-state index is 0. The molecule has 4 aromatic rings. The van der Waals surface area contributed by atoms with Gasteiger partial charge in [0.2, 0.25) is 0 Å². The fourth-order valence-corrected chi connectivity index (χ4v) is 2.27. The van der Waals surface area contributed by atoms with Crippen molar-refractivity contribution in [1.29, 1.82) is 0 Å². The molecule has 0 unspecified atom stereocenters. The van der Waals surface area contributed by atoms with Crippen LogP contribution in [-0.2, 0) is 20.1 Å². The van der Waals surface area contributed by atoms with E-state index in [4.69, 9.17) is 4.42 Å². The van der Waals surface area contributed by atoms with Gasteiger partial charge in [-0.1, -0.05) is 17.5 Å². The largest absolute Gasteiger partial charge is 0.510 e. The number of rotatable bonds is 0. The Morgan fingerprint density at radius 3 is 2.89 bits per heavy atom. The van der Waals surface area contributed by atoms with E-state index in [1.54, 1.807) is 0 Å². The summed E-state index contributed by atoms with van der Waals surface area (Å²) in [5, 5.41) is 3.19. The van der Waals surface area contributed by atoms with Gasteiger partial charge in [0.15, 0.2) is 0 Å². The zero-order valence-corrected chi connectivity index (χ0v) is 11.7. The maximum Gasteiger partial charge on any atom is 0.0826 e. The van der Waals surface area contributed by atoms with Crippen LogP contribution in [-0.4, -0.2) is 4.98 Å². The fourth-order valence-electron chi connectivity index (χ4n) is 2.27. The van der Waals surface area contributed by atoms with E-state index in [1.807, 2.05) is 42.6 Å². The molecular weight excluding hydrogens is 402 g/mol. The van der Waals surface area contributed by atoms with Crippen LogP contribution in [0.5, 0.6) is 0 Å². The van der Waals surface area contributed by atoms with Gasteiger partial charge in [-0.15, -0.1) is 24.3 Å². The van der Waals surface area contributed by atoms with Gasteiger partial charge >= 0.3 is 0 Å². The van der Waals surface area contributed by atoms with Crippen LogP contribution in [0.2, 0.25) is 0 Å². The topological polar surface area (TPSA) is 26.0 Å². The molecule has 2 aromatic heterocycles. The summed E-state index contributed by atoms with van der Waals surface area (Å²) in [6, 6.07) is 17.1. The van der Waals surface area contributed by atoms with Gasteiger partial charge in [-0.05, 0) is 22.9 Å². The Balaban J connectivity index is 0.000001000. The van der Waals surface area contributed by atoms with Gasteiger partial charge in [-0.25, -0.2) is 0 Å². The summed E-state index contributed by atoms with van der Waals surface area (Å²) >= 11 is 0. The number of fused-ring (bicyclic) bond motifs is 5. The summed E-state index contributed by atoms with van der Waals surface area (Å²) in [6.45, 7) is 0. The molecule has 0 atom stereocenters. The first-order chi connectivity index (χ1) is 8.43. The smallest absolute Gasteiger partial charge is 0.0826 e. The van der Waals surface area contributed by atoms with Gasteiger partial charge in [-0.2, -0.15) is 0 Å². The number of aromatic nitrogens is 1. The Kier molecular flexibility index (Phi) is 2.66. The van der Waals surface area contributed by atoms with Crippen molar-refractivity contribution in [3.05, 3.63) is 54.7 Å². The Morgan fingerprint density at radius 2 is 1.94 bits per heavy atom. The molecular formula is C15H8IrNO-. The third-order valence-corrected chi connectivity index (χ3v) is 3.02. The molecule has 0 aliphatic rings. The Labute approximate surface area is 117 Å². The molecule has 0 aliphatic heterocycles. The van der Waals surface area contributed by atoms with Crippen LogP contribution >= 0.6 is 0 Å². The molecule has 18 heavy (non-hydrogen) atoms. The number of pyridine rings is 1. The molecule has 3 heteroatoms. The molecule has 0 fully saturated rings. The minimum atomic E-state index is 0. The Morgan fingerprint density at radius 1 is 1.00 bits per heavy atom. The van der Waals surface area contributed by atoms with Crippen molar-refractivity contribution in [3.8, 4) is 0 Å². The predicted octanol–water partition coefficient (Wildman–Crippen LogP) is 3.93. The minimum Gasteiger partial charge on any atom is -0.510 e. The monoisotopic (exact) mass is 411 g/mol. The second kappa shape index (κ2) is 4.20. The molecule has 0 amide bonds. The van der Waals surface area contributed by atoms with Crippen LogP contribution in [0.1, 0.15) is 0 Å². The van der Waals surface area contributed by atoms with E-state index in [1.165, 1.54) is 0 Å². The van der Waals surface area contributed by atoms with Crippen molar-refractivity contribution in [2.75, 3.05) is 0 Å². The van der Waals surface area contributed by atoms with Crippen molar-refractivity contribution in [2.45, 2.75) is 0 Å². The van der Waals surface area contributed by atoms with E-state index < -0.39 is 0 Å². The molecule has 1 radical (unpaired) electrons. The van der Waals surface area contributed by atoms with Crippen LogP contribution in [0.3, 0.4) is 0 Å². The summed E-state index contributed by atoms with van der Waals surface area (Å²) < 4.78 is 5.79. The van der Waals surface area contributed by atoms with Gasteiger partial charge in [-0.3, -0.25) is 4.98 Å². The SMILES string of the molecule is [Ir].[c-]1cccc2oc3ccc4cccnc4c3c12. The van der Waals surface area contributed by atoms with E-state index in [0.29, 0.717) is 0 Å². The van der Waals surface area contributed by atoms with Crippen molar-refractivity contribution < 1.29 is 24.5 Å². The molecule has 2 nitrogen and oxygen atoms in total. The van der Waals surface area contributed by atoms with Crippen molar-refractivity contribution in [3.63, 3.8) is 0 Å². The maximum absolute atomic E-state index is 5.79.